The molecule has 106 valence electrons. The van der Waals surface area contributed by atoms with Crippen LogP contribution in [0.2, 0.25) is 0 Å². The maximum absolute atomic E-state index is 13.9. The Balaban J connectivity index is 2.07. The molecule has 0 radical (unpaired) electrons. The van der Waals surface area contributed by atoms with Gasteiger partial charge in [-0.05, 0) is 38.9 Å². The molecule has 1 saturated heterocycles. The number of methoxy groups -OCH3 is 1. The fourth-order valence-corrected chi connectivity index (χ4v) is 2.66. The highest BCUT2D eigenvalue weighted by atomic mass is 19.1. The van der Waals surface area contributed by atoms with Crippen molar-refractivity contribution in [3.05, 3.63) is 29.6 Å². The van der Waals surface area contributed by atoms with Crippen molar-refractivity contribution in [1.29, 1.82) is 0 Å². The highest BCUT2D eigenvalue weighted by Crippen LogP contribution is 2.30. The summed E-state index contributed by atoms with van der Waals surface area (Å²) in [5.74, 6) is 0.600. The van der Waals surface area contributed by atoms with Crippen molar-refractivity contribution in [3.8, 4) is 5.75 Å². The minimum absolute atomic E-state index is 0.231. The lowest BCUT2D eigenvalue weighted by Gasteiger charge is -2.26. The van der Waals surface area contributed by atoms with Gasteiger partial charge in [-0.1, -0.05) is 6.07 Å². The van der Waals surface area contributed by atoms with E-state index in [1.54, 1.807) is 19.2 Å². The Labute approximate surface area is 114 Å². The van der Waals surface area contributed by atoms with Crippen LogP contribution in [-0.2, 0) is 6.54 Å². The topological polar surface area (TPSA) is 32.7 Å². The summed E-state index contributed by atoms with van der Waals surface area (Å²) < 4.78 is 19.1. The molecule has 0 saturated carbocycles. The molecule has 0 spiro atoms. The number of likely N-dealkylation sites (tertiary alicyclic amines) is 1. The van der Waals surface area contributed by atoms with Crippen LogP contribution in [0.4, 0.5) is 4.39 Å². The Morgan fingerprint density at radius 3 is 2.79 bits per heavy atom. The maximum Gasteiger partial charge on any atom is 0.131 e. The van der Waals surface area contributed by atoms with E-state index in [-0.39, 0.29) is 11.7 Å². The van der Waals surface area contributed by atoms with Crippen molar-refractivity contribution >= 4 is 0 Å². The molecule has 2 rings (SSSR count). The second-order valence-electron chi connectivity index (χ2n) is 5.80. The molecule has 19 heavy (non-hydrogen) atoms. The van der Waals surface area contributed by atoms with Gasteiger partial charge in [0.05, 0.1) is 12.7 Å². The normalized spacial score (nSPS) is 20.8. The van der Waals surface area contributed by atoms with Crippen molar-refractivity contribution in [2.24, 2.45) is 5.92 Å². The van der Waals surface area contributed by atoms with Gasteiger partial charge in [-0.3, -0.25) is 4.90 Å². The number of halogens is 1. The predicted molar refractivity (Wildman–Crippen MR) is 72.6 cm³/mol. The van der Waals surface area contributed by atoms with E-state index in [2.05, 4.69) is 4.90 Å². The van der Waals surface area contributed by atoms with Crippen LogP contribution in [-0.4, -0.2) is 35.8 Å². The van der Waals surface area contributed by atoms with Gasteiger partial charge in [0.25, 0.3) is 0 Å². The molecule has 1 aromatic rings. The summed E-state index contributed by atoms with van der Waals surface area (Å²) in [5.41, 5.74) is -0.0740. The van der Waals surface area contributed by atoms with E-state index in [1.165, 1.54) is 6.07 Å². The molecule has 0 amide bonds. The van der Waals surface area contributed by atoms with Gasteiger partial charge < -0.3 is 9.84 Å². The van der Waals surface area contributed by atoms with Crippen LogP contribution < -0.4 is 4.74 Å². The molecule has 1 aliphatic heterocycles. The zero-order valence-electron chi connectivity index (χ0n) is 11.8. The largest absolute Gasteiger partial charge is 0.496 e. The Morgan fingerprint density at radius 2 is 2.21 bits per heavy atom. The lowest BCUT2D eigenvalue weighted by atomic mass is 9.90. The van der Waals surface area contributed by atoms with Crippen molar-refractivity contribution < 1.29 is 14.2 Å². The average molecular weight is 267 g/mol. The molecule has 0 aromatic heterocycles. The zero-order chi connectivity index (χ0) is 14.0. The fraction of sp³-hybridized carbons (Fsp3) is 0.600. The number of nitrogens with zero attached hydrogens (tertiary/aromatic N) is 1. The van der Waals surface area contributed by atoms with E-state index in [9.17, 15) is 9.50 Å². The third-order valence-corrected chi connectivity index (χ3v) is 3.95. The van der Waals surface area contributed by atoms with Gasteiger partial charge in [0.2, 0.25) is 0 Å². The molecule has 0 unspecified atom stereocenters. The number of benzene rings is 1. The third kappa shape index (κ3) is 3.25. The first-order valence-electron chi connectivity index (χ1n) is 6.68. The monoisotopic (exact) mass is 267 g/mol. The summed E-state index contributed by atoms with van der Waals surface area (Å²) in [6, 6.07) is 4.89. The molecule has 1 fully saturated rings. The van der Waals surface area contributed by atoms with Gasteiger partial charge >= 0.3 is 0 Å². The molecule has 0 bridgehead atoms. The number of aliphatic hydroxyl groups is 1. The van der Waals surface area contributed by atoms with E-state index < -0.39 is 5.60 Å². The van der Waals surface area contributed by atoms with Crippen LogP contribution in [0.15, 0.2) is 18.2 Å². The number of ether oxygens (including phenoxy) is 1. The van der Waals surface area contributed by atoms with Crippen molar-refractivity contribution in [2.45, 2.75) is 32.4 Å². The first-order valence-corrected chi connectivity index (χ1v) is 6.68. The first-order chi connectivity index (χ1) is 8.91. The van der Waals surface area contributed by atoms with Gasteiger partial charge in [-0.25, -0.2) is 4.39 Å². The van der Waals surface area contributed by atoms with Crippen LogP contribution in [0.1, 0.15) is 25.8 Å². The number of hydrogen-bond acceptors (Lipinski definition) is 3. The molecule has 4 heteroatoms. The lowest BCUT2D eigenvalue weighted by Crippen LogP contribution is -2.33. The molecule has 1 atom stereocenters. The molecule has 0 aliphatic carbocycles. The summed E-state index contributed by atoms with van der Waals surface area (Å²) in [7, 11) is 1.56. The van der Waals surface area contributed by atoms with Crippen LogP contribution in [0.5, 0.6) is 5.75 Å². The predicted octanol–water partition coefficient (Wildman–Crippen LogP) is 2.43. The smallest absolute Gasteiger partial charge is 0.131 e. The van der Waals surface area contributed by atoms with E-state index in [0.717, 1.165) is 19.5 Å². The SMILES string of the molecule is COc1cccc(F)c1CN1CC[C@H](C(C)(C)O)C1. The summed E-state index contributed by atoms with van der Waals surface area (Å²) in [6.45, 7) is 5.88. The number of rotatable bonds is 4. The van der Waals surface area contributed by atoms with Crippen LogP contribution >= 0.6 is 0 Å². The van der Waals surface area contributed by atoms with E-state index in [1.807, 2.05) is 13.8 Å². The Morgan fingerprint density at radius 1 is 1.47 bits per heavy atom. The highest BCUT2D eigenvalue weighted by molar-refractivity contribution is 5.34. The average Bonchev–Trinajstić information content (AvgIpc) is 2.80. The minimum Gasteiger partial charge on any atom is -0.496 e. The summed E-state index contributed by atoms with van der Waals surface area (Å²) >= 11 is 0. The molecule has 1 aromatic carbocycles. The van der Waals surface area contributed by atoms with Crippen molar-refractivity contribution in [1.82, 2.24) is 4.90 Å². The van der Waals surface area contributed by atoms with Crippen molar-refractivity contribution in [3.63, 3.8) is 0 Å². The quantitative estimate of drug-likeness (QED) is 0.909. The van der Waals surface area contributed by atoms with Gasteiger partial charge in [0.1, 0.15) is 11.6 Å². The van der Waals surface area contributed by atoms with Crippen LogP contribution in [0.25, 0.3) is 0 Å². The lowest BCUT2D eigenvalue weighted by molar-refractivity contribution is 0.0207. The van der Waals surface area contributed by atoms with E-state index in [0.29, 0.717) is 17.9 Å². The fourth-order valence-electron chi connectivity index (χ4n) is 2.66. The number of hydrogen-bond donors (Lipinski definition) is 1. The first kappa shape index (κ1) is 14.3. The summed E-state index contributed by atoms with van der Waals surface area (Å²) in [4.78, 5) is 2.17. The highest BCUT2D eigenvalue weighted by Gasteiger charge is 2.33. The molecule has 3 nitrogen and oxygen atoms in total. The van der Waals surface area contributed by atoms with E-state index in [4.69, 9.17) is 4.74 Å². The van der Waals surface area contributed by atoms with Gasteiger partial charge in [0.15, 0.2) is 0 Å². The van der Waals surface area contributed by atoms with Gasteiger partial charge in [0, 0.05) is 24.6 Å². The second kappa shape index (κ2) is 5.47. The maximum atomic E-state index is 13.9. The molecule has 1 N–H and O–H groups in total. The van der Waals surface area contributed by atoms with Crippen LogP contribution in [0.3, 0.4) is 0 Å². The summed E-state index contributed by atoms with van der Waals surface area (Å²) in [5, 5.41) is 10.0. The third-order valence-electron chi connectivity index (χ3n) is 3.95. The van der Waals surface area contributed by atoms with Gasteiger partial charge in [-0.2, -0.15) is 0 Å². The molecular weight excluding hydrogens is 245 g/mol. The van der Waals surface area contributed by atoms with Crippen LogP contribution in [0, 0.1) is 11.7 Å². The molecular formula is C15H22FNO2. The second-order valence-corrected chi connectivity index (χ2v) is 5.80. The van der Waals surface area contributed by atoms with Gasteiger partial charge in [-0.15, -0.1) is 0 Å². The Bertz CT molecular complexity index is 442. The minimum atomic E-state index is -0.673. The molecule has 1 aliphatic rings. The van der Waals surface area contributed by atoms with Crippen molar-refractivity contribution in [2.75, 3.05) is 20.2 Å². The standard InChI is InChI=1S/C15H22FNO2/c1-15(2,18)11-7-8-17(9-11)10-12-13(16)5-4-6-14(12)19-3/h4-6,11,18H,7-10H2,1-3H3/t11-/m0/s1. The summed E-state index contributed by atoms with van der Waals surface area (Å²) in [6.07, 6.45) is 0.945. The Hall–Kier alpha value is -1.13. The van der Waals surface area contributed by atoms with E-state index >= 15 is 0 Å². The zero-order valence-corrected chi connectivity index (χ0v) is 11.8. The molecule has 1 heterocycles. The Kier molecular flexibility index (Phi) is 4.11.